The fourth-order valence-electron chi connectivity index (χ4n) is 1.89. The summed E-state index contributed by atoms with van der Waals surface area (Å²) in [4.78, 5) is 19.6. The van der Waals surface area contributed by atoms with Crippen molar-refractivity contribution in [1.82, 2.24) is 9.97 Å². The van der Waals surface area contributed by atoms with Gasteiger partial charge in [0.2, 0.25) is 0 Å². The van der Waals surface area contributed by atoms with Crippen LogP contribution in [0.1, 0.15) is 41.3 Å². The van der Waals surface area contributed by atoms with E-state index in [2.05, 4.69) is 28.6 Å². The minimum Gasteiger partial charge on any atom is -0.507 e. The molecule has 0 fully saturated rings. The summed E-state index contributed by atoms with van der Waals surface area (Å²) in [6, 6.07) is 6.24. The maximum Gasteiger partial charge on any atom is 0.341 e. The number of para-hydroxylation sites is 1. The number of carbonyl (C=O) groups is 1. The number of benzene rings is 1. The van der Waals surface area contributed by atoms with Crippen LogP contribution in [0.15, 0.2) is 30.5 Å². The van der Waals surface area contributed by atoms with E-state index in [0.717, 1.165) is 29.9 Å². The van der Waals surface area contributed by atoms with E-state index < -0.39 is 5.97 Å². The van der Waals surface area contributed by atoms with Crippen LogP contribution in [0.4, 0.5) is 0 Å². The SMILES string of the molecule is CCc1ncc(C)nc1CC.COC(=O)c1ccccc1O. The molecular weight excluding hydrogens is 280 g/mol. The molecule has 0 aliphatic rings. The number of esters is 1. The molecule has 0 amide bonds. The maximum absolute atomic E-state index is 10.9. The van der Waals surface area contributed by atoms with E-state index in [9.17, 15) is 4.79 Å². The van der Waals surface area contributed by atoms with E-state index in [1.54, 1.807) is 12.1 Å². The summed E-state index contributed by atoms with van der Waals surface area (Å²) in [5.41, 5.74) is 3.49. The third-order valence-corrected chi connectivity index (χ3v) is 3.03. The average Bonchev–Trinajstić information content (AvgIpc) is 2.55. The first-order valence-electron chi connectivity index (χ1n) is 7.21. The molecule has 0 bridgehead atoms. The Hall–Kier alpha value is -2.43. The van der Waals surface area contributed by atoms with Crippen molar-refractivity contribution in [1.29, 1.82) is 0 Å². The summed E-state index contributed by atoms with van der Waals surface area (Å²) in [6.07, 6.45) is 3.80. The smallest absolute Gasteiger partial charge is 0.341 e. The second-order valence-electron chi connectivity index (χ2n) is 4.62. The largest absolute Gasteiger partial charge is 0.507 e. The highest BCUT2D eigenvalue weighted by atomic mass is 16.5. The van der Waals surface area contributed by atoms with Gasteiger partial charge in [-0.1, -0.05) is 26.0 Å². The molecule has 1 N–H and O–H groups in total. The topological polar surface area (TPSA) is 72.3 Å². The van der Waals surface area contributed by atoms with Crippen molar-refractivity contribution in [2.75, 3.05) is 7.11 Å². The molecule has 1 aromatic heterocycles. The number of carbonyl (C=O) groups excluding carboxylic acids is 1. The fourth-order valence-corrected chi connectivity index (χ4v) is 1.89. The van der Waals surface area contributed by atoms with Gasteiger partial charge in [0.15, 0.2) is 0 Å². The summed E-state index contributed by atoms with van der Waals surface area (Å²) < 4.78 is 4.42. The van der Waals surface area contributed by atoms with E-state index in [-0.39, 0.29) is 11.3 Å². The molecule has 22 heavy (non-hydrogen) atoms. The molecule has 1 heterocycles. The number of aromatic hydroxyl groups is 1. The number of aryl methyl sites for hydroxylation is 3. The van der Waals surface area contributed by atoms with Crippen LogP contribution in [0.25, 0.3) is 0 Å². The van der Waals surface area contributed by atoms with Gasteiger partial charge in [-0.3, -0.25) is 9.97 Å². The number of methoxy groups -OCH3 is 1. The predicted molar refractivity (Wildman–Crippen MR) is 85.0 cm³/mol. The van der Waals surface area contributed by atoms with Gasteiger partial charge in [-0.05, 0) is 31.9 Å². The molecule has 0 unspecified atom stereocenters. The molecule has 5 nitrogen and oxygen atoms in total. The third kappa shape index (κ3) is 4.84. The average molecular weight is 302 g/mol. The lowest BCUT2D eigenvalue weighted by molar-refractivity contribution is 0.0597. The number of phenols is 1. The van der Waals surface area contributed by atoms with Gasteiger partial charge in [-0.25, -0.2) is 4.79 Å². The van der Waals surface area contributed by atoms with Gasteiger partial charge < -0.3 is 9.84 Å². The normalized spacial score (nSPS) is 9.64. The van der Waals surface area contributed by atoms with Crippen LogP contribution in [-0.2, 0) is 17.6 Å². The number of aromatic nitrogens is 2. The zero-order chi connectivity index (χ0) is 16.5. The quantitative estimate of drug-likeness (QED) is 0.882. The van der Waals surface area contributed by atoms with Gasteiger partial charge in [-0.15, -0.1) is 0 Å². The lowest BCUT2D eigenvalue weighted by Crippen LogP contribution is -2.00. The van der Waals surface area contributed by atoms with Gasteiger partial charge in [0.1, 0.15) is 11.3 Å². The van der Waals surface area contributed by atoms with Crippen LogP contribution >= 0.6 is 0 Å². The van der Waals surface area contributed by atoms with Crippen molar-refractivity contribution in [2.24, 2.45) is 0 Å². The van der Waals surface area contributed by atoms with Gasteiger partial charge in [0, 0.05) is 6.20 Å². The highest BCUT2D eigenvalue weighted by molar-refractivity contribution is 5.92. The molecular formula is C17H22N2O3. The molecule has 0 saturated heterocycles. The number of rotatable bonds is 3. The zero-order valence-electron chi connectivity index (χ0n) is 13.5. The van der Waals surface area contributed by atoms with Crippen molar-refractivity contribution in [2.45, 2.75) is 33.6 Å². The molecule has 118 valence electrons. The zero-order valence-corrected chi connectivity index (χ0v) is 13.5. The number of hydrogen-bond donors (Lipinski definition) is 1. The first kappa shape index (κ1) is 17.6. The van der Waals surface area contributed by atoms with Crippen molar-refractivity contribution >= 4 is 5.97 Å². The summed E-state index contributed by atoms with van der Waals surface area (Å²) in [5.74, 6) is -0.581. The molecule has 0 saturated carbocycles. The molecule has 5 heteroatoms. The number of hydrogen-bond acceptors (Lipinski definition) is 5. The van der Waals surface area contributed by atoms with Crippen LogP contribution in [0, 0.1) is 6.92 Å². The van der Waals surface area contributed by atoms with Crippen molar-refractivity contribution in [3.05, 3.63) is 53.1 Å². The molecule has 0 aliphatic heterocycles. The monoisotopic (exact) mass is 302 g/mol. The molecule has 0 spiro atoms. The van der Waals surface area contributed by atoms with Crippen LogP contribution in [0.3, 0.4) is 0 Å². The van der Waals surface area contributed by atoms with E-state index in [4.69, 9.17) is 5.11 Å². The summed E-state index contributed by atoms with van der Waals surface area (Å²) in [6.45, 7) is 6.20. The second-order valence-corrected chi connectivity index (χ2v) is 4.62. The summed E-state index contributed by atoms with van der Waals surface area (Å²) >= 11 is 0. The van der Waals surface area contributed by atoms with Crippen LogP contribution in [0.2, 0.25) is 0 Å². The first-order valence-corrected chi connectivity index (χ1v) is 7.21. The van der Waals surface area contributed by atoms with Crippen molar-refractivity contribution in [3.8, 4) is 5.75 Å². The highest BCUT2D eigenvalue weighted by Crippen LogP contribution is 2.15. The number of ether oxygens (including phenoxy) is 1. The Labute approximate surface area is 131 Å². The summed E-state index contributed by atoms with van der Waals surface area (Å²) in [5, 5.41) is 9.11. The lowest BCUT2D eigenvalue weighted by Gasteiger charge is -2.03. The van der Waals surface area contributed by atoms with Gasteiger partial charge >= 0.3 is 5.97 Å². The molecule has 0 radical (unpaired) electrons. The molecule has 0 aliphatic carbocycles. The Morgan fingerprint density at radius 1 is 1.18 bits per heavy atom. The van der Waals surface area contributed by atoms with Crippen LogP contribution < -0.4 is 0 Å². The Morgan fingerprint density at radius 2 is 1.82 bits per heavy atom. The predicted octanol–water partition coefficient (Wildman–Crippen LogP) is 3.09. The second kappa shape index (κ2) is 8.77. The Morgan fingerprint density at radius 3 is 2.36 bits per heavy atom. The molecule has 1 aromatic carbocycles. The van der Waals surface area contributed by atoms with Crippen LogP contribution in [-0.4, -0.2) is 28.2 Å². The van der Waals surface area contributed by atoms with Crippen molar-refractivity contribution in [3.63, 3.8) is 0 Å². The van der Waals surface area contributed by atoms with E-state index in [1.807, 2.05) is 13.1 Å². The first-order chi connectivity index (χ1) is 10.5. The van der Waals surface area contributed by atoms with E-state index >= 15 is 0 Å². The Balaban J connectivity index is 0.000000220. The van der Waals surface area contributed by atoms with E-state index in [0.29, 0.717) is 0 Å². The van der Waals surface area contributed by atoms with E-state index in [1.165, 1.54) is 19.2 Å². The maximum atomic E-state index is 10.9. The summed E-state index contributed by atoms with van der Waals surface area (Å²) in [7, 11) is 1.27. The minimum atomic E-state index is -0.525. The highest BCUT2D eigenvalue weighted by Gasteiger charge is 2.08. The molecule has 2 rings (SSSR count). The Kier molecular flexibility index (Phi) is 7.02. The number of phenolic OH excluding ortho intramolecular Hbond substituents is 1. The standard InChI is InChI=1S/C9H14N2.C8H8O3/c1-4-8-9(5-2)11-7(3)6-10-8;1-11-8(10)6-4-2-3-5-7(6)9/h6H,4-5H2,1-3H3;2-5,9H,1H3. The van der Waals surface area contributed by atoms with Gasteiger partial charge in [0.05, 0.1) is 24.2 Å². The van der Waals surface area contributed by atoms with Crippen molar-refractivity contribution < 1.29 is 14.6 Å². The molecule has 0 atom stereocenters. The third-order valence-electron chi connectivity index (χ3n) is 3.03. The lowest BCUT2D eigenvalue weighted by atomic mass is 10.2. The Bertz CT molecular complexity index is 627. The van der Waals surface area contributed by atoms with Gasteiger partial charge in [0.25, 0.3) is 0 Å². The number of nitrogens with zero attached hydrogens (tertiary/aromatic N) is 2. The van der Waals surface area contributed by atoms with Crippen LogP contribution in [0.5, 0.6) is 5.75 Å². The fraction of sp³-hybridized carbons (Fsp3) is 0.353. The molecule has 2 aromatic rings. The van der Waals surface area contributed by atoms with Gasteiger partial charge in [-0.2, -0.15) is 0 Å². The minimum absolute atomic E-state index is 0.0562.